The highest BCUT2D eigenvalue weighted by molar-refractivity contribution is 9.10. The van der Waals surface area contributed by atoms with Crippen LogP contribution in [0.1, 0.15) is 17.4 Å². The third-order valence-electron chi connectivity index (χ3n) is 4.22. The molecule has 0 saturated carbocycles. The van der Waals surface area contributed by atoms with Crippen LogP contribution in [-0.4, -0.2) is 27.2 Å². The van der Waals surface area contributed by atoms with Crippen LogP contribution < -0.4 is 0 Å². The van der Waals surface area contributed by atoms with E-state index in [1.807, 2.05) is 59.2 Å². The summed E-state index contributed by atoms with van der Waals surface area (Å²) >= 11 is 3.48. The van der Waals surface area contributed by atoms with E-state index in [9.17, 15) is 9.90 Å². The zero-order valence-electron chi connectivity index (χ0n) is 13.9. The number of fused-ring (bicyclic) bond motifs is 3. The summed E-state index contributed by atoms with van der Waals surface area (Å²) in [7, 11) is 0. The molecular formula is C20H15BrN2O3. The molecule has 4 rings (SSSR count). The summed E-state index contributed by atoms with van der Waals surface area (Å²) in [6.07, 6.45) is 0. The van der Waals surface area contributed by atoms with Gasteiger partial charge < -0.3 is 14.4 Å². The molecule has 0 amide bonds. The van der Waals surface area contributed by atoms with Crippen molar-refractivity contribution in [3.8, 4) is 11.4 Å². The van der Waals surface area contributed by atoms with E-state index in [-0.39, 0.29) is 18.1 Å². The van der Waals surface area contributed by atoms with Gasteiger partial charge in [0.2, 0.25) is 0 Å². The molecular weight excluding hydrogens is 396 g/mol. The number of carbonyl (C=O) groups excluding carboxylic acids is 1. The topological polar surface area (TPSA) is 64.3 Å². The van der Waals surface area contributed by atoms with Crippen LogP contribution in [0.25, 0.3) is 27.5 Å². The van der Waals surface area contributed by atoms with Crippen LogP contribution in [0, 0.1) is 0 Å². The van der Waals surface area contributed by atoms with Crippen LogP contribution in [0.5, 0.6) is 5.75 Å². The molecule has 130 valence electrons. The van der Waals surface area contributed by atoms with E-state index >= 15 is 0 Å². The number of aromatic nitrogens is 2. The van der Waals surface area contributed by atoms with Crippen molar-refractivity contribution in [1.82, 2.24) is 9.55 Å². The van der Waals surface area contributed by atoms with Gasteiger partial charge in [-0.1, -0.05) is 36.4 Å². The van der Waals surface area contributed by atoms with E-state index in [0.29, 0.717) is 15.5 Å². The van der Waals surface area contributed by atoms with Gasteiger partial charge in [-0.2, -0.15) is 0 Å². The minimum Gasteiger partial charge on any atom is -0.505 e. The van der Waals surface area contributed by atoms with Crippen molar-refractivity contribution in [1.29, 1.82) is 0 Å². The smallest absolute Gasteiger partial charge is 0.360 e. The first kappa shape index (κ1) is 16.6. The van der Waals surface area contributed by atoms with E-state index in [4.69, 9.17) is 4.74 Å². The molecule has 2 heterocycles. The van der Waals surface area contributed by atoms with Crippen LogP contribution >= 0.6 is 15.9 Å². The van der Waals surface area contributed by atoms with Crippen molar-refractivity contribution >= 4 is 43.7 Å². The largest absolute Gasteiger partial charge is 0.505 e. The minimum atomic E-state index is -0.649. The third-order valence-corrected chi connectivity index (χ3v) is 4.78. The van der Waals surface area contributed by atoms with E-state index < -0.39 is 5.97 Å². The first-order chi connectivity index (χ1) is 12.6. The maximum Gasteiger partial charge on any atom is 0.360 e. The number of para-hydroxylation sites is 2. The number of pyridine rings is 1. The van der Waals surface area contributed by atoms with Gasteiger partial charge in [-0.15, -0.1) is 0 Å². The molecule has 6 heteroatoms. The molecule has 2 aromatic heterocycles. The van der Waals surface area contributed by atoms with Gasteiger partial charge in [0.15, 0.2) is 11.4 Å². The van der Waals surface area contributed by atoms with Crippen molar-refractivity contribution in [2.24, 2.45) is 0 Å². The predicted octanol–water partition coefficient (Wildman–Crippen LogP) is 4.82. The van der Waals surface area contributed by atoms with Gasteiger partial charge in [0.05, 0.1) is 23.0 Å². The number of ether oxygens (including phenoxy) is 1. The zero-order chi connectivity index (χ0) is 18.3. The Hall–Kier alpha value is -2.86. The summed E-state index contributed by atoms with van der Waals surface area (Å²) in [5.41, 5.74) is 2.45. The third kappa shape index (κ3) is 2.45. The van der Waals surface area contributed by atoms with Crippen LogP contribution in [-0.2, 0) is 4.74 Å². The summed E-state index contributed by atoms with van der Waals surface area (Å²) < 4.78 is 7.50. The number of benzene rings is 2. The highest BCUT2D eigenvalue weighted by Crippen LogP contribution is 2.41. The molecule has 4 aromatic rings. The predicted molar refractivity (Wildman–Crippen MR) is 104 cm³/mol. The van der Waals surface area contributed by atoms with Crippen molar-refractivity contribution in [2.75, 3.05) is 6.61 Å². The molecule has 0 fully saturated rings. The highest BCUT2D eigenvalue weighted by atomic mass is 79.9. The Bertz CT molecular complexity index is 1140. The van der Waals surface area contributed by atoms with Gasteiger partial charge in [0, 0.05) is 11.1 Å². The molecule has 0 saturated heterocycles. The fourth-order valence-corrected chi connectivity index (χ4v) is 3.74. The quantitative estimate of drug-likeness (QED) is 0.388. The lowest BCUT2D eigenvalue weighted by Gasteiger charge is -2.10. The average Bonchev–Trinajstić information content (AvgIpc) is 3.01. The average molecular weight is 411 g/mol. The second kappa shape index (κ2) is 6.46. The maximum absolute atomic E-state index is 12.2. The fourth-order valence-electron chi connectivity index (χ4n) is 3.18. The molecule has 1 N–H and O–H groups in total. The van der Waals surface area contributed by atoms with Crippen molar-refractivity contribution in [3.05, 3.63) is 64.9 Å². The Kier molecular flexibility index (Phi) is 4.12. The molecule has 5 nitrogen and oxygen atoms in total. The Labute approximate surface area is 158 Å². The Morgan fingerprint density at radius 3 is 2.58 bits per heavy atom. The number of aromatic hydroxyl groups is 1. The lowest BCUT2D eigenvalue weighted by atomic mass is 10.1. The lowest BCUT2D eigenvalue weighted by molar-refractivity contribution is 0.0516. The molecule has 0 radical (unpaired) electrons. The summed E-state index contributed by atoms with van der Waals surface area (Å²) in [5, 5.41) is 12.2. The number of hydrogen-bond acceptors (Lipinski definition) is 4. The van der Waals surface area contributed by atoms with Gasteiger partial charge in [-0.3, -0.25) is 0 Å². The van der Waals surface area contributed by atoms with Crippen LogP contribution in [0.4, 0.5) is 0 Å². The number of rotatable bonds is 3. The second-order valence-electron chi connectivity index (χ2n) is 5.73. The Morgan fingerprint density at radius 2 is 1.85 bits per heavy atom. The SMILES string of the molecule is CCOC(=O)c1nc(Br)c2c(c1O)c1ccccc1n2-c1ccccc1. The van der Waals surface area contributed by atoms with E-state index in [1.54, 1.807) is 6.92 Å². The Balaban J connectivity index is 2.16. The van der Waals surface area contributed by atoms with Crippen LogP contribution in [0.2, 0.25) is 0 Å². The van der Waals surface area contributed by atoms with Gasteiger partial charge in [-0.25, -0.2) is 9.78 Å². The molecule has 0 aliphatic carbocycles. The van der Waals surface area contributed by atoms with E-state index in [1.165, 1.54) is 0 Å². The van der Waals surface area contributed by atoms with E-state index in [0.717, 1.165) is 16.6 Å². The second-order valence-corrected chi connectivity index (χ2v) is 6.48. The normalized spacial score (nSPS) is 11.2. The number of esters is 1. The maximum atomic E-state index is 12.2. The van der Waals surface area contributed by atoms with Gasteiger partial charge in [0.1, 0.15) is 4.60 Å². The van der Waals surface area contributed by atoms with Crippen molar-refractivity contribution < 1.29 is 14.6 Å². The number of carbonyl (C=O) groups is 1. The number of halogens is 1. The summed E-state index contributed by atoms with van der Waals surface area (Å²) in [4.78, 5) is 16.5. The molecule has 0 aliphatic rings. The lowest BCUT2D eigenvalue weighted by Crippen LogP contribution is -2.08. The summed E-state index contributed by atoms with van der Waals surface area (Å²) in [5.74, 6) is -0.823. The standard InChI is InChI=1S/C20H15BrN2O3/c1-2-26-20(25)16-18(24)15-13-10-6-7-11-14(13)23(17(15)19(21)22-16)12-8-4-3-5-9-12/h3-11,24H,2H2,1H3. The summed E-state index contributed by atoms with van der Waals surface area (Å²) in [6, 6.07) is 17.5. The van der Waals surface area contributed by atoms with Gasteiger partial charge in [0.25, 0.3) is 0 Å². The van der Waals surface area contributed by atoms with Gasteiger partial charge in [-0.05, 0) is 41.1 Å². The molecule has 0 atom stereocenters. The molecule has 0 unspecified atom stereocenters. The molecule has 2 aromatic carbocycles. The minimum absolute atomic E-state index is 0.0952. The summed E-state index contributed by atoms with van der Waals surface area (Å²) in [6.45, 7) is 1.92. The molecule has 0 aliphatic heterocycles. The van der Waals surface area contributed by atoms with Crippen molar-refractivity contribution in [3.63, 3.8) is 0 Å². The van der Waals surface area contributed by atoms with Crippen LogP contribution in [0.15, 0.2) is 59.2 Å². The highest BCUT2D eigenvalue weighted by Gasteiger charge is 2.25. The molecule has 0 bridgehead atoms. The number of nitrogens with zero attached hydrogens (tertiary/aromatic N) is 2. The van der Waals surface area contributed by atoms with Crippen molar-refractivity contribution in [2.45, 2.75) is 6.92 Å². The zero-order valence-corrected chi connectivity index (χ0v) is 15.5. The molecule has 0 spiro atoms. The van der Waals surface area contributed by atoms with Crippen LogP contribution in [0.3, 0.4) is 0 Å². The fraction of sp³-hybridized carbons (Fsp3) is 0.100. The monoisotopic (exact) mass is 410 g/mol. The first-order valence-corrected chi connectivity index (χ1v) is 8.97. The number of hydrogen-bond donors (Lipinski definition) is 1. The van der Waals surface area contributed by atoms with Gasteiger partial charge >= 0.3 is 5.97 Å². The van der Waals surface area contributed by atoms with E-state index in [2.05, 4.69) is 20.9 Å². The molecule has 26 heavy (non-hydrogen) atoms. The first-order valence-electron chi connectivity index (χ1n) is 8.17. The Morgan fingerprint density at radius 1 is 1.15 bits per heavy atom.